The second-order valence-corrected chi connectivity index (χ2v) is 11.8. The van der Waals surface area contributed by atoms with Crippen molar-refractivity contribution in [3.8, 4) is 0 Å². The SMILES string of the molecule is CNC(=O)[C@H](Cc1ccccc1)N(Cc1ccc(Cl)cc1Cl)C(=O)CN(c1ccc(F)cc1)S(=O)(=O)N(C)C. The molecule has 1 N–H and O–H groups in total. The lowest BCUT2D eigenvalue weighted by molar-refractivity contribution is -0.139. The zero-order valence-corrected chi connectivity index (χ0v) is 24.0. The molecule has 0 unspecified atom stereocenters. The summed E-state index contributed by atoms with van der Waals surface area (Å²) in [7, 11) is -0.0725. The molecule has 0 aliphatic carbocycles. The normalized spacial score (nSPS) is 12.2. The fraction of sp³-hybridized carbons (Fsp3) is 0.259. The number of amides is 2. The van der Waals surface area contributed by atoms with Crippen LogP contribution in [0.25, 0.3) is 0 Å². The highest BCUT2D eigenvalue weighted by Crippen LogP contribution is 2.26. The maximum absolute atomic E-state index is 14.0. The van der Waals surface area contributed by atoms with E-state index in [1.54, 1.807) is 12.1 Å². The van der Waals surface area contributed by atoms with Crippen LogP contribution in [0.3, 0.4) is 0 Å². The van der Waals surface area contributed by atoms with Gasteiger partial charge >= 0.3 is 10.2 Å². The first-order valence-electron chi connectivity index (χ1n) is 11.9. The van der Waals surface area contributed by atoms with Gasteiger partial charge in [-0.2, -0.15) is 12.7 Å². The van der Waals surface area contributed by atoms with Gasteiger partial charge in [0.15, 0.2) is 0 Å². The number of likely N-dealkylation sites (N-methyl/N-ethyl adjacent to an activating group) is 1. The van der Waals surface area contributed by atoms with Crippen LogP contribution >= 0.6 is 23.2 Å². The van der Waals surface area contributed by atoms with E-state index in [-0.39, 0.29) is 23.7 Å². The summed E-state index contributed by atoms with van der Waals surface area (Å²) in [5.74, 6) is -1.67. The van der Waals surface area contributed by atoms with E-state index in [2.05, 4.69) is 5.32 Å². The quantitative estimate of drug-likeness (QED) is 0.361. The highest BCUT2D eigenvalue weighted by atomic mass is 35.5. The number of carbonyl (C=O) groups excluding carboxylic acids is 2. The standard InChI is InChI=1S/C27H29Cl2FN4O4S/c1-31-27(36)25(15-19-7-5-4-6-8-19)33(17-20-9-10-21(28)16-24(20)29)26(35)18-34(39(37,38)32(2)3)23-13-11-22(30)12-14-23/h4-14,16,25H,15,17-18H2,1-3H3,(H,31,36)/t25-/m0/s1. The number of halogens is 3. The minimum absolute atomic E-state index is 0.0856. The summed E-state index contributed by atoms with van der Waals surface area (Å²) >= 11 is 12.5. The van der Waals surface area contributed by atoms with Crippen molar-refractivity contribution < 1.29 is 22.4 Å². The molecule has 1 atom stereocenters. The van der Waals surface area contributed by atoms with E-state index in [1.807, 2.05) is 30.3 Å². The lowest BCUT2D eigenvalue weighted by atomic mass is 10.0. The van der Waals surface area contributed by atoms with Crippen molar-refractivity contribution in [2.45, 2.75) is 19.0 Å². The van der Waals surface area contributed by atoms with E-state index in [1.165, 1.54) is 44.2 Å². The molecule has 208 valence electrons. The largest absolute Gasteiger partial charge is 0.357 e. The van der Waals surface area contributed by atoms with Crippen LogP contribution in [0.2, 0.25) is 10.0 Å². The molecule has 8 nitrogen and oxygen atoms in total. The van der Waals surface area contributed by atoms with Crippen molar-refractivity contribution in [3.63, 3.8) is 0 Å². The van der Waals surface area contributed by atoms with Crippen molar-refractivity contribution in [3.05, 3.63) is 99.8 Å². The second-order valence-electron chi connectivity index (χ2n) is 8.85. The molecule has 0 aromatic heterocycles. The number of nitrogens with one attached hydrogen (secondary N) is 1. The third kappa shape index (κ3) is 7.69. The third-order valence-electron chi connectivity index (χ3n) is 6.01. The van der Waals surface area contributed by atoms with Crippen molar-refractivity contribution >= 4 is 50.9 Å². The van der Waals surface area contributed by atoms with Crippen LogP contribution in [-0.4, -0.2) is 63.2 Å². The van der Waals surface area contributed by atoms with Gasteiger partial charge in [0.2, 0.25) is 11.8 Å². The molecule has 12 heteroatoms. The fourth-order valence-corrected chi connectivity index (χ4v) is 5.40. The third-order valence-corrected chi connectivity index (χ3v) is 8.41. The Labute approximate surface area is 238 Å². The monoisotopic (exact) mass is 594 g/mol. The van der Waals surface area contributed by atoms with E-state index < -0.39 is 40.4 Å². The summed E-state index contributed by atoms with van der Waals surface area (Å²) in [5.41, 5.74) is 1.39. The summed E-state index contributed by atoms with van der Waals surface area (Å²) in [4.78, 5) is 28.4. The van der Waals surface area contributed by atoms with Gasteiger partial charge in [-0.1, -0.05) is 59.6 Å². The summed E-state index contributed by atoms with van der Waals surface area (Å²) in [6.07, 6.45) is 0.161. The summed E-state index contributed by atoms with van der Waals surface area (Å²) in [6, 6.07) is 17.6. The number of rotatable bonds is 11. The summed E-state index contributed by atoms with van der Waals surface area (Å²) < 4.78 is 41.9. The lowest BCUT2D eigenvalue weighted by Gasteiger charge is -2.34. The number of anilines is 1. The van der Waals surface area contributed by atoms with E-state index in [4.69, 9.17) is 23.2 Å². The molecular weight excluding hydrogens is 566 g/mol. The van der Waals surface area contributed by atoms with Gasteiger partial charge in [0.25, 0.3) is 0 Å². The molecule has 0 heterocycles. The first-order chi connectivity index (χ1) is 18.4. The smallest absolute Gasteiger partial charge is 0.304 e. The minimum Gasteiger partial charge on any atom is -0.357 e. The van der Waals surface area contributed by atoms with Gasteiger partial charge in [-0.15, -0.1) is 0 Å². The number of benzene rings is 3. The van der Waals surface area contributed by atoms with Crippen molar-refractivity contribution in [2.24, 2.45) is 0 Å². The van der Waals surface area contributed by atoms with E-state index in [0.717, 1.165) is 26.3 Å². The Morgan fingerprint density at radius 3 is 2.18 bits per heavy atom. The molecule has 0 saturated heterocycles. The molecule has 0 radical (unpaired) electrons. The predicted octanol–water partition coefficient (Wildman–Crippen LogP) is 4.13. The van der Waals surface area contributed by atoms with Crippen LogP contribution in [0.4, 0.5) is 10.1 Å². The van der Waals surface area contributed by atoms with Crippen molar-refractivity contribution in [1.82, 2.24) is 14.5 Å². The average Bonchev–Trinajstić information content (AvgIpc) is 2.90. The number of hydrogen-bond acceptors (Lipinski definition) is 4. The molecule has 3 aromatic rings. The molecule has 3 rings (SSSR count). The van der Waals surface area contributed by atoms with Crippen molar-refractivity contribution in [1.29, 1.82) is 0 Å². The van der Waals surface area contributed by atoms with E-state index in [0.29, 0.717) is 10.6 Å². The zero-order chi connectivity index (χ0) is 28.7. The minimum atomic E-state index is -4.18. The van der Waals surface area contributed by atoms with E-state index in [9.17, 15) is 22.4 Å². The maximum atomic E-state index is 14.0. The zero-order valence-electron chi connectivity index (χ0n) is 21.6. The maximum Gasteiger partial charge on any atom is 0.304 e. The van der Waals surface area contributed by atoms with Gasteiger partial charge in [-0.3, -0.25) is 9.59 Å². The van der Waals surface area contributed by atoms with Crippen LogP contribution in [0, 0.1) is 5.82 Å². The second kappa shape index (κ2) is 13.3. The van der Waals surface area contributed by atoms with Crippen LogP contribution in [0.15, 0.2) is 72.8 Å². The van der Waals surface area contributed by atoms with Gasteiger partial charge in [0.05, 0.1) is 5.69 Å². The van der Waals surface area contributed by atoms with Gasteiger partial charge in [0, 0.05) is 44.2 Å². The molecule has 2 amide bonds. The Balaban J connectivity index is 2.08. The highest BCUT2D eigenvalue weighted by molar-refractivity contribution is 7.90. The lowest BCUT2D eigenvalue weighted by Crippen LogP contribution is -2.53. The fourth-order valence-electron chi connectivity index (χ4n) is 3.88. The molecule has 39 heavy (non-hydrogen) atoms. The number of carbonyl (C=O) groups is 2. The predicted molar refractivity (Wildman–Crippen MR) is 151 cm³/mol. The van der Waals surface area contributed by atoms with Gasteiger partial charge in [-0.25, -0.2) is 8.70 Å². The van der Waals surface area contributed by atoms with Crippen LogP contribution < -0.4 is 9.62 Å². The molecule has 0 fully saturated rings. The number of nitrogens with zero attached hydrogens (tertiary/aromatic N) is 3. The molecule has 0 aliphatic rings. The van der Waals surface area contributed by atoms with E-state index >= 15 is 0 Å². The molecule has 0 spiro atoms. The summed E-state index contributed by atoms with van der Waals surface area (Å²) in [6.45, 7) is -0.751. The van der Waals surface area contributed by atoms with Crippen LogP contribution in [0.5, 0.6) is 0 Å². The average molecular weight is 596 g/mol. The molecule has 0 saturated carbocycles. The molecule has 0 aliphatic heterocycles. The van der Waals surface area contributed by atoms with Gasteiger partial charge in [0.1, 0.15) is 18.4 Å². The Bertz CT molecular complexity index is 1410. The Morgan fingerprint density at radius 1 is 0.974 bits per heavy atom. The summed E-state index contributed by atoms with van der Waals surface area (Å²) in [5, 5.41) is 3.28. The first-order valence-corrected chi connectivity index (χ1v) is 14.0. The number of hydrogen-bond donors (Lipinski definition) is 1. The Hall–Kier alpha value is -3.18. The molecule has 0 bridgehead atoms. The van der Waals surface area contributed by atoms with Crippen LogP contribution in [-0.2, 0) is 32.8 Å². The van der Waals surface area contributed by atoms with Crippen LogP contribution in [0.1, 0.15) is 11.1 Å². The van der Waals surface area contributed by atoms with Crippen molar-refractivity contribution in [2.75, 3.05) is 32.0 Å². The Kier molecular flexibility index (Phi) is 10.3. The van der Waals surface area contributed by atoms with Gasteiger partial charge in [-0.05, 0) is 47.5 Å². The molecule has 3 aromatic carbocycles. The highest BCUT2D eigenvalue weighted by Gasteiger charge is 2.34. The topological polar surface area (TPSA) is 90.0 Å². The van der Waals surface area contributed by atoms with Gasteiger partial charge < -0.3 is 10.2 Å². The molecular formula is C27H29Cl2FN4O4S. The Morgan fingerprint density at radius 2 is 1.62 bits per heavy atom. The first kappa shape index (κ1) is 30.4.